The molecule has 0 aromatic carbocycles. The van der Waals surface area contributed by atoms with Gasteiger partial charge in [0.05, 0.1) is 50.3 Å². The monoisotopic (exact) mass is 727 g/mol. The van der Waals surface area contributed by atoms with Crippen LogP contribution < -0.4 is 0 Å². The molecule has 0 aromatic rings. The Bertz CT molecular complexity index is 1360. The maximum Gasteiger partial charge on any atom is 0.170 e. The minimum Gasteiger partial charge on any atom is -0.388 e. The highest BCUT2D eigenvalue weighted by molar-refractivity contribution is 5.32. The molecule has 2 spiro atoms. The number of fused-ring (bicyclic) bond motifs is 4. The lowest BCUT2D eigenvalue weighted by Crippen LogP contribution is -2.72. The van der Waals surface area contributed by atoms with Crippen LogP contribution in [0.5, 0.6) is 0 Å². The summed E-state index contributed by atoms with van der Waals surface area (Å²) in [4.78, 5) is 5.32. The molecule has 0 bridgehead atoms. The summed E-state index contributed by atoms with van der Waals surface area (Å²) in [7, 11) is 0. The zero-order chi connectivity index (χ0) is 36.7. The lowest BCUT2D eigenvalue weighted by Gasteiger charge is -2.60. The molecule has 8 heteroatoms. The molecule has 9 fully saturated rings. The van der Waals surface area contributed by atoms with Crippen molar-refractivity contribution in [2.45, 2.75) is 162 Å². The summed E-state index contributed by atoms with van der Waals surface area (Å²) in [6.07, 6.45) is 11.5. The van der Waals surface area contributed by atoms with Gasteiger partial charge in [-0.3, -0.25) is 9.80 Å². The lowest BCUT2D eigenvalue weighted by atomic mass is 9.46. The quantitative estimate of drug-likeness (QED) is 0.280. The summed E-state index contributed by atoms with van der Waals surface area (Å²) < 4.78 is 32.3. The summed E-state index contributed by atoms with van der Waals surface area (Å²) in [6.45, 7) is 29.6. The van der Waals surface area contributed by atoms with Crippen molar-refractivity contribution in [1.82, 2.24) is 9.80 Å². The van der Waals surface area contributed by atoms with Crippen molar-refractivity contribution in [2.75, 3.05) is 59.2 Å². The predicted octanol–water partition coefficient (Wildman–Crippen LogP) is 6.77. The van der Waals surface area contributed by atoms with Gasteiger partial charge in [-0.2, -0.15) is 0 Å². The SMILES string of the molecule is CCO[C@@H](C1CCC2C(CC3C4CCC5C(C)(C)[C@@H](OC6CN(C7(C)CN(CC8(C)COC8)C7)CCO6)CCC56[C@@H](C)[C@@]46CC[C@]23C)O1)C(C)(C)O. The number of likely N-dealkylation sites (tertiary alicyclic amines) is 1. The van der Waals surface area contributed by atoms with Gasteiger partial charge in [-0.25, -0.2) is 0 Å². The van der Waals surface area contributed by atoms with Crippen LogP contribution in [0.25, 0.3) is 0 Å². The molecule has 296 valence electrons. The van der Waals surface area contributed by atoms with Crippen LogP contribution in [0.1, 0.15) is 120 Å². The van der Waals surface area contributed by atoms with Crippen LogP contribution in [-0.2, 0) is 23.7 Å². The molecule has 0 amide bonds. The fourth-order valence-corrected chi connectivity index (χ4v) is 16.1. The summed E-state index contributed by atoms with van der Waals surface area (Å²) in [5, 5.41) is 11.0. The minimum absolute atomic E-state index is 0.0144. The Morgan fingerprint density at radius 2 is 1.65 bits per heavy atom. The zero-order valence-corrected chi connectivity index (χ0v) is 34.4. The lowest BCUT2D eigenvalue weighted by molar-refractivity contribution is -0.257. The molecular weight excluding hydrogens is 652 g/mol. The fraction of sp³-hybridized carbons (Fsp3) is 1.00. The van der Waals surface area contributed by atoms with E-state index < -0.39 is 5.60 Å². The van der Waals surface area contributed by atoms with Crippen molar-refractivity contribution in [3.05, 3.63) is 0 Å². The molecule has 52 heavy (non-hydrogen) atoms. The summed E-state index contributed by atoms with van der Waals surface area (Å²) in [6, 6.07) is 0. The van der Waals surface area contributed by atoms with Gasteiger partial charge in [0.2, 0.25) is 0 Å². The molecule has 5 aliphatic carbocycles. The van der Waals surface area contributed by atoms with Crippen molar-refractivity contribution in [2.24, 2.45) is 56.7 Å². The first kappa shape index (κ1) is 37.3. The molecule has 5 saturated carbocycles. The van der Waals surface area contributed by atoms with E-state index in [2.05, 4.69) is 51.3 Å². The van der Waals surface area contributed by atoms with Gasteiger partial charge >= 0.3 is 0 Å². The second-order valence-corrected chi connectivity index (χ2v) is 22.0. The smallest absolute Gasteiger partial charge is 0.170 e. The first-order chi connectivity index (χ1) is 24.5. The molecular formula is C44H74N2O6. The van der Waals surface area contributed by atoms with Crippen LogP contribution in [0.3, 0.4) is 0 Å². The van der Waals surface area contributed by atoms with Gasteiger partial charge in [0.15, 0.2) is 6.29 Å². The normalized spacial score (nSPS) is 49.6. The van der Waals surface area contributed by atoms with E-state index >= 15 is 0 Å². The van der Waals surface area contributed by atoms with Crippen LogP contribution in [0.4, 0.5) is 0 Å². The highest BCUT2D eigenvalue weighted by Gasteiger charge is 2.84. The molecule has 8 unspecified atom stereocenters. The molecule has 4 heterocycles. The average Bonchev–Trinajstić information content (AvgIpc) is 3.44. The molecule has 4 aliphatic heterocycles. The number of ether oxygens (including phenoxy) is 5. The maximum absolute atomic E-state index is 11.0. The van der Waals surface area contributed by atoms with Gasteiger partial charge in [-0.1, -0.05) is 34.6 Å². The first-order valence-electron chi connectivity index (χ1n) is 21.8. The summed E-state index contributed by atoms with van der Waals surface area (Å²) in [5.74, 6) is 3.71. The van der Waals surface area contributed by atoms with Crippen LogP contribution in [0.2, 0.25) is 0 Å². The number of hydrogen-bond acceptors (Lipinski definition) is 8. The van der Waals surface area contributed by atoms with Crippen LogP contribution in [0.15, 0.2) is 0 Å². The Morgan fingerprint density at radius 1 is 0.904 bits per heavy atom. The standard InChI is InChI=1S/C44H74N2O6/c1-10-49-37(39(5,6)47)32-13-11-30-33(51-32)21-31-29-12-14-34-38(3,4)35(15-16-44(34)28(2)43(29,44)18-17-42(30,31)9)52-36-22-46(19-20-50-36)41(8)24-45(25-41)23-40(7)26-48-27-40/h28-37,47H,10-27H2,1-9H3/t28-,29?,30?,31?,32?,33?,34?,35-,36?,37-,42+,43-,44?/m0/s1. The third kappa shape index (κ3) is 5.25. The van der Waals surface area contributed by atoms with E-state index in [-0.39, 0.29) is 35.6 Å². The van der Waals surface area contributed by atoms with Gasteiger partial charge < -0.3 is 28.8 Å². The van der Waals surface area contributed by atoms with Crippen molar-refractivity contribution < 1.29 is 28.8 Å². The fourth-order valence-electron chi connectivity index (χ4n) is 16.1. The third-order valence-electron chi connectivity index (χ3n) is 18.4. The minimum atomic E-state index is -0.903. The number of nitrogens with zero attached hydrogens (tertiary/aromatic N) is 2. The van der Waals surface area contributed by atoms with E-state index in [0.717, 1.165) is 76.7 Å². The average molecular weight is 727 g/mol. The molecule has 8 nitrogen and oxygen atoms in total. The Labute approximate surface area is 315 Å². The van der Waals surface area contributed by atoms with Crippen LogP contribution in [-0.4, -0.2) is 116 Å². The Hall–Kier alpha value is -0.320. The molecule has 0 radical (unpaired) electrons. The van der Waals surface area contributed by atoms with Gasteiger partial charge in [-0.05, 0) is 137 Å². The Kier molecular flexibility index (Phi) is 8.84. The third-order valence-corrected chi connectivity index (χ3v) is 18.4. The zero-order valence-electron chi connectivity index (χ0n) is 34.4. The molecule has 0 aromatic heterocycles. The number of hydrogen-bond donors (Lipinski definition) is 1. The second kappa shape index (κ2) is 12.3. The first-order valence-corrected chi connectivity index (χ1v) is 21.8. The number of morpholine rings is 1. The van der Waals surface area contributed by atoms with E-state index in [9.17, 15) is 5.11 Å². The van der Waals surface area contributed by atoms with Crippen LogP contribution >= 0.6 is 0 Å². The second-order valence-electron chi connectivity index (χ2n) is 22.0. The molecule has 1 N–H and O–H groups in total. The molecule has 9 rings (SSSR count). The Morgan fingerprint density at radius 3 is 2.35 bits per heavy atom. The maximum atomic E-state index is 11.0. The summed E-state index contributed by atoms with van der Waals surface area (Å²) in [5.41, 5.74) is 1.11. The number of rotatable bonds is 9. The van der Waals surface area contributed by atoms with Gasteiger partial charge in [-0.15, -0.1) is 0 Å². The van der Waals surface area contributed by atoms with E-state index in [1.807, 2.05) is 20.8 Å². The Balaban J connectivity index is 0.864. The highest BCUT2D eigenvalue weighted by atomic mass is 16.7. The van der Waals surface area contributed by atoms with Crippen molar-refractivity contribution in [3.63, 3.8) is 0 Å². The molecule has 9 aliphatic rings. The van der Waals surface area contributed by atoms with Crippen molar-refractivity contribution in [1.29, 1.82) is 0 Å². The van der Waals surface area contributed by atoms with E-state index in [0.29, 0.717) is 46.2 Å². The molecule has 4 saturated heterocycles. The largest absolute Gasteiger partial charge is 0.388 e. The summed E-state index contributed by atoms with van der Waals surface area (Å²) >= 11 is 0. The number of aliphatic hydroxyl groups is 1. The van der Waals surface area contributed by atoms with Crippen LogP contribution in [0, 0.1) is 56.7 Å². The van der Waals surface area contributed by atoms with E-state index in [1.54, 1.807) is 0 Å². The van der Waals surface area contributed by atoms with Gasteiger partial charge in [0, 0.05) is 43.7 Å². The highest BCUT2D eigenvalue weighted by Crippen LogP contribution is 2.89. The van der Waals surface area contributed by atoms with E-state index in [1.165, 1.54) is 51.4 Å². The van der Waals surface area contributed by atoms with Crippen molar-refractivity contribution in [3.8, 4) is 0 Å². The van der Waals surface area contributed by atoms with Gasteiger partial charge in [0.25, 0.3) is 0 Å². The molecule has 13 atom stereocenters. The van der Waals surface area contributed by atoms with E-state index in [4.69, 9.17) is 23.7 Å². The topological polar surface area (TPSA) is 72.9 Å². The van der Waals surface area contributed by atoms with Crippen molar-refractivity contribution >= 4 is 0 Å². The predicted molar refractivity (Wildman–Crippen MR) is 202 cm³/mol. The van der Waals surface area contributed by atoms with Gasteiger partial charge in [0.1, 0.15) is 6.10 Å².